The van der Waals surface area contributed by atoms with Gasteiger partial charge in [0, 0.05) is 37.9 Å². The molecule has 0 radical (unpaired) electrons. The van der Waals surface area contributed by atoms with Gasteiger partial charge in [-0.2, -0.15) is 5.10 Å². The minimum atomic E-state index is 0.723. The highest BCUT2D eigenvalue weighted by atomic mass is 15.3. The summed E-state index contributed by atoms with van der Waals surface area (Å²) in [6.07, 6.45) is 1.93. The Bertz CT molecular complexity index is 304. The van der Waals surface area contributed by atoms with Crippen LogP contribution >= 0.6 is 0 Å². The molecule has 4 heteroatoms. The topological polar surface area (TPSA) is 41.9 Å². The zero-order valence-electron chi connectivity index (χ0n) is 10.9. The summed E-state index contributed by atoms with van der Waals surface area (Å²) in [5.41, 5.74) is 2.52. The molecule has 0 saturated carbocycles. The van der Waals surface area contributed by atoms with Gasteiger partial charge in [0.2, 0.25) is 0 Å². The minimum absolute atomic E-state index is 0.723. The maximum absolute atomic E-state index is 4.22. The van der Waals surface area contributed by atoms with Crippen molar-refractivity contribution in [3.63, 3.8) is 0 Å². The lowest BCUT2D eigenvalue weighted by atomic mass is 10.2. The molecule has 1 aromatic rings. The highest BCUT2D eigenvalue weighted by Gasteiger charge is 2.01. The van der Waals surface area contributed by atoms with Gasteiger partial charge in [-0.05, 0) is 19.4 Å². The Kier molecular flexibility index (Phi) is 5.49. The van der Waals surface area contributed by atoms with Crippen molar-refractivity contribution >= 4 is 0 Å². The van der Waals surface area contributed by atoms with Gasteiger partial charge >= 0.3 is 0 Å². The van der Waals surface area contributed by atoms with Crippen LogP contribution in [-0.2, 0) is 13.6 Å². The summed E-state index contributed by atoms with van der Waals surface area (Å²) >= 11 is 0. The summed E-state index contributed by atoms with van der Waals surface area (Å²) in [5.74, 6) is 0.723. The lowest BCUT2D eigenvalue weighted by Gasteiger charge is -2.08. The van der Waals surface area contributed by atoms with Gasteiger partial charge in [-0.3, -0.25) is 4.68 Å². The predicted molar refractivity (Wildman–Crippen MR) is 67.4 cm³/mol. The average molecular weight is 224 g/mol. The molecule has 92 valence electrons. The molecule has 0 amide bonds. The van der Waals surface area contributed by atoms with Crippen LogP contribution in [-0.4, -0.2) is 29.4 Å². The van der Waals surface area contributed by atoms with E-state index in [1.165, 1.54) is 11.3 Å². The monoisotopic (exact) mass is 224 g/mol. The largest absolute Gasteiger partial charge is 0.315 e. The lowest BCUT2D eigenvalue weighted by molar-refractivity contribution is 0.535. The fourth-order valence-corrected chi connectivity index (χ4v) is 1.51. The molecule has 0 spiro atoms. The number of aromatic nitrogens is 2. The van der Waals surface area contributed by atoms with E-state index in [9.17, 15) is 0 Å². The predicted octanol–water partition coefficient (Wildman–Crippen LogP) is 1.06. The fraction of sp³-hybridized carbons (Fsp3) is 0.750. The Labute approximate surface area is 98.4 Å². The summed E-state index contributed by atoms with van der Waals surface area (Å²) in [4.78, 5) is 0. The van der Waals surface area contributed by atoms with E-state index in [1.807, 2.05) is 17.9 Å². The normalized spacial score (nSPS) is 11.3. The first-order valence-electron chi connectivity index (χ1n) is 6.00. The second-order valence-electron chi connectivity index (χ2n) is 4.65. The fourth-order valence-electron chi connectivity index (χ4n) is 1.51. The van der Waals surface area contributed by atoms with Crippen molar-refractivity contribution in [3.8, 4) is 0 Å². The molecular weight excluding hydrogens is 200 g/mol. The summed E-state index contributed by atoms with van der Waals surface area (Å²) in [6.45, 7) is 10.6. The first-order valence-corrected chi connectivity index (χ1v) is 6.00. The van der Waals surface area contributed by atoms with Crippen molar-refractivity contribution in [2.45, 2.75) is 27.3 Å². The number of hydrogen-bond donors (Lipinski definition) is 2. The van der Waals surface area contributed by atoms with E-state index >= 15 is 0 Å². The van der Waals surface area contributed by atoms with Gasteiger partial charge in [-0.1, -0.05) is 13.8 Å². The van der Waals surface area contributed by atoms with E-state index in [2.05, 4.69) is 36.5 Å². The van der Waals surface area contributed by atoms with E-state index in [1.54, 1.807) is 0 Å². The van der Waals surface area contributed by atoms with Crippen molar-refractivity contribution in [2.24, 2.45) is 13.0 Å². The second-order valence-corrected chi connectivity index (χ2v) is 4.65. The number of hydrogen-bond acceptors (Lipinski definition) is 3. The summed E-state index contributed by atoms with van der Waals surface area (Å²) < 4.78 is 1.91. The molecule has 0 aliphatic carbocycles. The molecule has 1 heterocycles. The number of nitrogens with one attached hydrogen (secondary N) is 2. The molecule has 0 fully saturated rings. The molecule has 16 heavy (non-hydrogen) atoms. The molecule has 1 rings (SSSR count). The third kappa shape index (κ3) is 4.33. The van der Waals surface area contributed by atoms with E-state index in [0.29, 0.717) is 0 Å². The summed E-state index contributed by atoms with van der Waals surface area (Å²) in [6, 6.07) is 0. The maximum Gasteiger partial charge on any atom is 0.0537 e. The molecular formula is C12H24N4. The van der Waals surface area contributed by atoms with Gasteiger partial charge in [-0.25, -0.2) is 0 Å². The quantitative estimate of drug-likeness (QED) is 0.681. The second kappa shape index (κ2) is 6.66. The molecule has 2 N–H and O–H groups in total. The van der Waals surface area contributed by atoms with Gasteiger partial charge in [0.05, 0.1) is 6.20 Å². The van der Waals surface area contributed by atoms with Gasteiger partial charge < -0.3 is 10.6 Å². The third-order valence-corrected chi connectivity index (χ3v) is 2.68. The smallest absolute Gasteiger partial charge is 0.0537 e. The van der Waals surface area contributed by atoms with Crippen LogP contribution in [0.5, 0.6) is 0 Å². The van der Waals surface area contributed by atoms with Gasteiger partial charge in [0.1, 0.15) is 0 Å². The number of rotatable bonds is 7. The summed E-state index contributed by atoms with van der Waals surface area (Å²) in [7, 11) is 1.98. The van der Waals surface area contributed by atoms with E-state index < -0.39 is 0 Å². The Morgan fingerprint density at radius 3 is 2.56 bits per heavy atom. The van der Waals surface area contributed by atoms with Gasteiger partial charge in [-0.15, -0.1) is 0 Å². The summed E-state index contributed by atoms with van der Waals surface area (Å²) in [5, 5.41) is 11.0. The highest BCUT2D eigenvalue weighted by Crippen LogP contribution is 2.03. The first kappa shape index (κ1) is 13.2. The Morgan fingerprint density at radius 2 is 2.00 bits per heavy atom. The van der Waals surface area contributed by atoms with Crippen LogP contribution < -0.4 is 10.6 Å². The van der Waals surface area contributed by atoms with Crippen LogP contribution in [0.2, 0.25) is 0 Å². The van der Waals surface area contributed by atoms with Crippen molar-refractivity contribution in [1.29, 1.82) is 0 Å². The van der Waals surface area contributed by atoms with Crippen LogP contribution in [0.25, 0.3) is 0 Å². The number of aryl methyl sites for hydroxylation is 1. The molecule has 0 unspecified atom stereocenters. The van der Waals surface area contributed by atoms with Crippen molar-refractivity contribution < 1.29 is 0 Å². The van der Waals surface area contributed by atoms with E-state index in [4.69, 9.17) is 0 Å². The van der Waals surface area contributed by atoms with E-state index in [0.717, 1.165) is 32.1 Å². The minimum Gasteiger partial charge on any atom is -0.315 e. The third-order valence-electron chi connectivity index (χ3n) is 2.68. The SMILES string of the molecule is Cc1c(CNCCNCC(C)C)cnn1C. The molecule has 0 atom stereocenters. The zero-order chi connectivity index (χ0) is 12.0. The van der Waals surface area contributed by atoms with Crippen LogP contribution in [0.4, 0.5) is 0 Å². The van der Waals surface area contributed by atoms with Crippen LogP contribution in [0.1, 0.15) is 25.1 Å². The van der Waals surface area contributed by atoms with Crippen molar-refractivity contribution in [3.05, 3.63) is 17.5 Å². The van der Waals surface area contributed by atoms with Gasteiger partial charge in [0.25, 0.3) is 0 Å². The molecule has 4 nitrogen and oxygen atoms in total. The Morgan fingerprint density at radius 1 is 1.31 bits per heavy atom. The van der Waals surface area contributed by atoms with Crippen molar-refractivity contribution in [1.82, 2.24) is 20.4 Å². The number of nitrogens with zero attached hydrogens (tertiary/aromatic N) is 2. The Balaban J connectivity index is 2.10. The standard InChI is InChI=1S/C12H24N4/c1-10(2)7-13-5-6-14-8-12-9-15-16(4)11(12)3/h9-10,13-14H,5-8H2,1-4H3. The first-order chi connectivity index (χ1) is 7.61. The molecule has 0 aromatic carbocycles. The Hall–Kier alpha value is -0.870. The lowest BCUT2D eigenvalue weighted by Crippen LogP contribution is -2.29. The highest BCUT2D eigenvalue weighted by molar-refractivity contribution is 5.15. The zero-order valence-corrected chi connectivity index (χ0v) is 10.9. The van der Waals surface area contributed by atoms with Crippen LogP contribution in [0.3, 0.4) is 0 Å². The molecule has 0 saturated heterocycles. The molecule has 1 aromatic heterocycles. The van der Waals surface area contributed by atoms with E-state index in [-0.39, 0.29) is 0 Å². The van der Waals surface area contributed by atoms with Crippen molar-refractivity contribution in [2.75, 3.05) is 19.6 Å². The maximum atomic E-state index is 4.22. The van der Waals surface area contributed by atoms with Crippen LogP contribution in [0.15, 0.2) is 6.20 Å². The van der Waals surface area contributed by atoms with Crippen LogP contribution in [0, 0.1) is 12.8 Å². The van der Waals surface area contributed by atoms with Gasteiger partial charge in [0.15, 0.2) is 0 Å². The average Bonchev–Trinajstić information content (AvgIpc) is 2.54. The molecule has 0 bridgehead atoms. The molecule has 0 aliphatic rings. The molecule has 0 aliphatic heterocycles.